The number of hydrogen-bond donors (Lipinski definition) is 0. The van der Waals surface area contributed by atoms with E-state index in [1.807, 2.05) is 0 Å². The second-order valence-electron chi connectivity index (χ2n) is 3.44. The molecule has 1 saturated carbocycles. The van der Waals surface area contributed by atoms with Crippen molar-refractivity contribution in [1.82, 2.24) is 0 Å². The molecule has 0 aromatic rings. The Bertz CT molecular complexity index is 165. The number of cyclic esters (lactones) is 1. The topological polar surface area (TPSA) is 26.3 Å². The van der Waals surface area contributed by atoms with Crippen molar-refractivity contribution in [2.24, 2.45) is 11.8 Å². The standard InChI is InChI=1S/C8H12O2/c1-5-4-6(5)7-2-3-8(9)10-7/h5-7H,2-4H2,1H3/t5-,6+,7?/m1/s1. The van der Waals surface area contributed by atoms with Crippen LogP contribution in [-0.4, -0.2) is 12.1 Å². The third-order valence-electron chi connectivity index (χ3n) is 2.57. The number of rotatable bonds is 1. The van der Waals surface area contributed by atoms with Crippen LogP contribution < -0.4 is 0 Å². The van der Waals surface area contributed by atoms with Crippen LogP contribution in [0.5, 0.6) is 0 Å². The lowest BCUT2D eigenvalue weighted by molar-refractivity contribution is -0.142. The van der Waals surface area contributed by atoms with Crippen molar-refractivity contribution in [3.05, 3.63) is 0 Å². The van der Waals surface area contributed by atoms with E-state index in [2.05, 4.69) is 6.92 Å². The quantitative estimate of drug-likeness (QED) is 0.514. The molecular formula is C8H12O2. The molecule has 2 aliphatic rings. The van der Waals surface area contributed by atoms with Gasteiger partial charge in [-0.25, -0.2) is 0 Å². The average Bonchev–Trinajstić information content (AvgIpc) is 2.42. The summed E-state index contributed by atoms with van der Waals surface area (Å²) < 4.78 is 5.12. The van der Waals surface area contributed by atoms with Crippen molar-refractivity contribution in [1.29, 1.82) is 0 Å². The second kappa shape index (κ2) is 1.97. The Hall–Kier alpha value is -0.530. The van der Waals surface area contributed by atoms with E-state index < -0.39 is 0 Å². The van der Waals surface area contributed by atoms with Gasteiger partial charge in [0.2, 0.25) is 0 Å². The van der Waals surface area contributed by atoms with Gasteiger partial charge in [-0.05, 0) is 24.7 Å². The van der Waals surface area contributed by atoms with Gasteiger partial charge in [0.05, 0.1) is 0 Å². The molecule has 0 aromatic carbocycles. The maximum Gasteiger partial charge on any atom is 0.306 e. The molecule has 1 aliphatic carbocycles. The first-order valence-corrected chi connectivity index (χ1v) is 3.97. The molecule has 2 rings (SSSR count). The normalized spacial score (nSPS) is 45.3. The molecule has 1 unspecified atom stereocenters. The van der Waals surface area contributed by atoms with Crippen molar-refractivity contribution in [2.45, 2.75) is 32.3 Å². The number of carbonyl (C=O) groups is 1. The van der Waals surface area contributed by atoms with E-state index in [0.29, 0.717) is 12.3 Å². The zero-order valence-corrected chi connectivity index (χ0v) is 6.17. The molecule has 0 aromatic heterocycles. The lowest BCUT2D eigenvalue weighted by Crippen LogP contribution is -2.09. The fourth-order valence-corrected chi connectivity index (χ4v) is 1.72. The highest BCUT2D eigenvalue weighted by Gasteiger charge is 2.43. The summed E-state index contributed by atoms with van der Waals surface area (Å²) in [7, 11) is 0. The lowest BCUT2D eigenvalue weighted by atomic mass is 10.1. The third kappa shape index (κ3) is 0.917. The molecule has 2 fully saturated rings. The summed E-state index contributed by atoms with van der Waals surface area (Å²) in [5.41, 5.74) is 0. The first-order chi connectivity index (χ1) is 4.77. The molecule has 0 spiro atoms. The van der Waals surface area contributed by atoms with Crippen LogP contribution in [0.3, 0.4) is 0 Å². The molecule has 2 nitrogen and oxygen atoms in total. The molecule has 2 heteroatoms. The maximum atomic E-state index is 10.7. The smallest absolute Gasteiger partial charge is 0.306 e. The van der Waals surface area contributed by atoms with Crippen LogP contribution >= 0.6 is 0 Å². The van der Waals surface area contributed by atoms with Gasteiger partial charge in [0.15, 0.2) is 0 Å². The Morgan fingerprint density at radius 1 is 1.60 bits per heavy atom. The monoisotopic (exact) mass is 140 g/mol. The Labute approximate surface area is 60.6 Å². The first-order valence-electron chi connectivity index (χ1n) is 3.97. The molecule has 0 bridgehead atoms. The first kappa shape index (κ1) is 6.20. The van der Waals surface area contributed by atoms with Gasteiger partial charge in [-0.2, -0.15) is 0 Å². The van der Waals surface area contributed by atoms with Crippen molar-refractivity contribution in [3.8, 4) is 0 Å². The van der Waals surface area contributed by atoms with Crippen LogP contribution in [0.15, 0.2) is 0 Å². The number of carbonyl (C=O) groups excluding carboxylic acids is 1. The second-order valence-corrected chi connectivity index (χ2v) is 3.44. The highest BCUT2D eigenvalue weighted by atomic mass is 16.5. The minimum Gasteiger partial charge on any atom is -0.462 e. The predicted octanol–water partition coefficient (Wildman–Crippen LogP) is 1.35. The molecule has 0 radical (unpaired) electrons. The average molecular weight is 140 g/mol. The highest BCUT2D eigenvalue weighted by Crippen LogP contribution is 2.44. The van der Waals surface area contributed by atoms with E-state index in [-0.39, 0.29) is 12.1 Å². The molecular weight excluding hydrogens is 128 g/mol. The van der Waals surface area contributed by atoms with Crippen LogP contribution in [0, 0.1) is 11.8 Å². The summed E-state index contributed by atoms with van der Waals surface area (Å²) in [6.45, 7) is 2.22. The van der Waals surface area contributed by atoms with Crippen molar-refractivity contribution in [2.75, 3.05) is 0 Å². The van der Waals surface area contributed by atoms with E-state index in [4.69, 9.17) is 4.74 Å². The van der Waals surface area contributed by atoms with Crippen LogP contribution in [0.4, 0.5) is 0 Å². The van der Waals surface area contributed by atoms with Crippen LogP contribution in [-0.2, 0) is 9.53 Å². The van der Waals surface area contributed by atoms with E-state index in [0.717, 1.165) is 12.3 Å². The van der Waals surface area contributed by atoms with Crippen molar-refractivity contribution >= 4 is 5.97 Å². The number of ether oxygens (including phenoxy) is 1. The maximum absolute atomic E-state index is 10.7. The molecule has 0 N–H and O–H groups in total. The summed E-state index contributed by atoms with van der Waals surface area (Å²) >= 11 is 0. The zero-order chi connectivity index (χ0) is 7.14. The summed E-state index contributed by atoms with van der Waals surface area (Å²) in [5, 5.41) is 0. The zero-order valence-electron chi connectivity index (χ0n) is 6.17. The van der Waals surface area contributed by atoms with Gasteiger partial charge in [-0.3, -0.25) is 4.79 Å². The Kier molecular flexibility index (Phi) is 1.22. The lowest BCUT2D eigenvalue weighted by Gasteiger charge is -2.05. The van der Waals surface area contributed by atoms with Gasteiger partial charge in [-0.1, -0.05) is 6.92 Å². The number of hydrogen-bond acceptors (Lipinski definition) is 2. The van der Waals surface area contributed by atoms with E-state index in [1.165, 1.54) is 6.42 Å². The summed E-state index contributed by atoms with van der Waals surface area (Å²) in [5.74, 6) is 1.51. The van der Waals surface area contributed by atoms with Gasteiger partial charge in [0, 0.05) is 6.42 Å². The van der Waals surface area contributed by atoms with E-state index in [1.54, 1.807) is 0 Å². The molecule has 56 valence electrons. The van der Waals surface area contributed by atoms with E-state index in [9.17, 15) is 4.79 Å². The molecule has 1 heterocycles. The SMILES string of the molecule is C[C@@H]1C[C@@H]1C1CCC(=O)O1. The van der Waals surface area contributed by atoms with Gasteiger partial charge >= 0.3 is 5.97 Å². The van der Waals surface area contributed by atoms with Crippen molar-refractivity contribution < 1.29 is 9.53 Å². The largest absolute Gasteiger partial charge is 0.462 e. The Morgan fingerprint density at radius 3 is 2.70 bits per heavy atom. The van der Waals surface area contributed by atoms with Crippen LogP contribution in [0.25, 0.3) is 0 Å². The fourth-order valence-electron chi connectivity index (χ4n) is 1.72. The fraction of sp³-hybridized carbons (Fsp3) is 0.875. The minimum atomic E-state index is 0.00380. The molecule has 3 atom stereocenters. The van der Waals surface area contributed by atoms with Crippen LogP contribution in [0.1, 0.15) is 26.2 Å². The third-order valence-corrected chi connectivity index (χ3v) is 2.57. The summed E-state index contributed by atoms with van der Waals surface area (Å²) in [6, 6.07) is 0. The summed E-state index contributed by atoms with van der Waals surface area (Å²) in [4.78, 5) is 10.7. The van der Waals surface area contributed by atoms with Gasteiger partial charge < -0.3 is 4.74 Å². The molecule has 1 aliphatic heterocycles. The van der Waals surface area contributed by atoms with Gasteiger partial charge in [-0.15, -0.1) is 0 Å². The van der Waals surface area contributed by atoms with E-state index >= 15 is 0 Å². The predicted molar refractivity (Wildman–Crippen MR) is 36.4 cm³/mol. The minimum absolute atomic E-state index is 0.00380. The molecule has 10 heavy (non-hydrogen) atoms. The Morgan fingerprint density at radius 2 is 2.30 bits per heavy atom. The summed E-state index contributed by atoms with van der Waals surface area (Å²) in [6.07, 6.45) is 3.15. The van der Waals surface area contributed by atoms with Gasteiger partial charge in [0.1, 0.15) is 6.10 Å². The van der Waals surface area contributed by atoms with Crippen molar-refractivity contribution in [3.63, 3.8) is 0 Å². The Balaban J connectivity index is 1.90. The van der Waals surface area contributed by atoms with Crippen LogP contribution in [0.2, 0.25) is 0 Å². The highest BCUT2D eigenvalue weighted by molar-refractivity contribution is 5.71. The van der Waals surface area contributed by atoms with Gasteiger partial charge in [0.25, 0.3) is 0 Å². The molecule has 0 amide bonds. The molecule has 1 saturated heterocycles. The number of esters is 1.